The molecule has 1 fully saturated rings. The van der Waals surface area contributed by atoms with Gasteiger partial charge in [-0.25, -0.2) is 0 Å². The van der Waals surface area contributed by atoms with Gasteiger partial charge in [-0.3, -0.25) is 4.90 Å². The van der Waals surface area contributed by atoms with Crippen LogP contribution in [0.25, 0.3) is 0 Å². The van der Waals surface area contributed by atoms with Crippen LogP contribution in [0.15, 0.2) is 18.2 Å². The molecule has 16 heavy (non-hydrogen) atoms. The highest BCUT2D eigenvalue weighted by molar-refractivity contribution is 5.44. The monoisotopic (exact) mass is 219 g/mol. The zero-order valence-corrected chi connectivity index (χ0v) is 9.52. The van der Waals surface area contributed by atoms with E-state index >= 15 is 0 Å². The van der Waals surface area contributed by atoms with Crippen LogP contribution in [0.4, 0.5) is 0 Å². The molecule has 86 valence electrons. The summed E-state index contributed by atoms with van der Waals surface area (Å²) in [6, 6.07) is 6.49. The topological polar surface area (TPSA) is 32.7 Å². The summed E-state index contributed by atoms with van der Waals surface area (Å²) in [6.07, 6.45) is 2.56. The summed E-state index contributed by atoms with van der Waals surface area (Å²) >= 11 is 0. The molecule has 3 heteroatoms. The van der Waals surface area contributed by atoms with Crippen molar-refractivity contribution in [3.63, 3.8) is 0 Å². The lowest BCUT2D eigenvalue weighted by Crippen LogP contribution is -2.32. The largest absolute Gasteiger partial charge is 0.508 e. The smallest absolute Gasteiger partial charge is 0.127 e. The minimum Gasteiger partial charge on any atom is -0.508 e. The van der Waals surface area contributed by atoms with Gasteiger partial charge < -0.3 is 9.84 Å². The summed E-state index contributed by atoms with van der Waals surface area (Å²) in [5, 5.41) is 9.41. The van der Waals surface area contributed by atoms with E-state index in [4.69, 9.17) is 4.74 Å². The lowest BCUT2D eigenvalue weighted by Gasteiger charge is -2.27. The maximum Gasteiger partial charge on any atom is 0.127 e. The molecule has 3 nitrogen and oxygen atoms in total. The first-order chi connectivity index (χ1) is 7.75. The Kier molecular flexibility index (Phi) is 2.28. The van der Waals surface area contributed by atoms with Crippen molar-refractivity contribution >= 4 is 0 Å². The summed E-state index contributed by atoms with van der Waals surface area (Å²) in [6.45, 7) is 4.17. The lowest BCUT2D eigenvalue weighted by molar-refractivity contribution is 0.157. The molecular weight excluding hydrogens is 202 g/mol. The molecule has 2 aliphatic heterocycles. The van der Waals surface area contributed by atoms with Crippen molar-refractivity contribution in [3.8, 4) is 11.5 Å². The van der Waals surface area contributed by atoms with Gasteiger partial charge in [0.05, 0.1) is 6.04 Å². The van der Waals surface area contributed by atoms with Crippen LogP contribution in [0.3, 0.4) is 0 Å². The number of likely N-dealkylation sites (tertiary alicyclic amines) is 1. The number of rotatable bonds is 1. The number of benzene rings is 1. The van der Waals surface area contributed by atoms with Gasteiger partial charge in [-0.05, 0) is 38.4 Å². The van der Waals surface area contributed by atoms with Crippen molar-refractivity contribution in [1.82, 2.24) is 4.90 Å². The fourth-order valence-electron chi connectivity index (χ4n) is 2.87. The zero-order valence-electron chi connectivity index (χ0n) is 9.52. The van der Waals surface area contributed by atoms with Gasteiger partial charge in [-0.15, -0.1) is 0 Å². The highest BCUT2D eigenvalue weighted by atomic mass is 16.5. The number of fused-ring (bicyclic) bond motifs is 1. The molecule has 1 aromatic carbocycles. The van der Waals surface area contributed by atoms with Crippen molar-refractivity contribution in [2.75, 3.05) is 13.2 Å². The van der Waals surface area contributed by atoms with Crippen LogP contribution in [-0.4, -0.2) is 29.2 Å². The molecule has 1 aromatic rings. The fourth-order valence-corrected chi connectivity index (χ4v) is 2.87. The number of aromatic hydroxyl groups is 1. The Hall–Kier alpha value is -1.22. The third-order valence-electron chi connectivity index (χ3n) is 3.76. The standard InChI is InChI=1S/C13H17NO2/c1-9-3-2-6-14(9)12-8-16-13-7-10(15)4-5-11(12)13/h4-5,7,9,12,15H,2-3,6,8H2,1H3. The van der Waals surface area contributed by atoms with Gasteiger partial charge in [0.15, 0.2) is 0 Å². The van der Waals surface area contributed by atoms with Gasteiger partial charge in [0, 0.05) is 17.7 Å². The highest BCUT2D eigenvalue weighted by Gasteiger charge is 2.34. The summed E-state index contributed by atoms with van der Waals surface area (Å²) in [4.78, 5) is 2.52. The van der Waals surface area contributed by atoms with Crippen molar-refractivity contribution in [3.05, 3.63) is 23.8 Å². The quantitative estimate of drug-likeness (QED) is 0.786. The molecule has 2 aliphatic rings. The molecule has 0 radical (unpaired) electrons. The highest BCUT2D eigenvalue weighted by Crippen LogP contribution is 2.40. The lowest BCUT2D eigenvalue weighted by atomic mass is 10.1. The van der Waals surface area contributed by atoms with E-state index in [0.29, 0.717) is 12.1 Å². The normalized spacial score (nSPS) is 29.1. The van der Waals surface area contributed by atoms with E-state index in [1.165, 1.54) is 18.4 Å². The van der Waals surface area contributed by atoms with Gasteiger partial charge in [-0.1, -0.05) is 0 Å². The first kappa shape index (κ1) is 9.97. The molecule has 3 rings (SSSR count). The van der Waals surface area contributed by atoms with Gasteiger partial charge in [0.1, 0.15) is 18.1 Å². The molecule has 2 atom stereocenters. The molecule has 0 aliphatic carbocycles. The molecule has 0 amide bonds. The van der Waals surface area contributed by atoms with Crippen LogP contribution in [0, 0.1) is 0 Å². The zero-order chi connectivity index (χ0) is 11.1. The van der Waals surface area contributed by atoms with Gasteiger partial charge in [-0.2, -0.15) is 0 Å². The average Bonchev–Trinajstić information content (AvgIpc) is 2.83. The third-order valence-corrected chi connectivity index (χ3v) is 3.76. The summed E-state index contributed by atoms with van der Waals surface area (Å²) in [5.74, 6) is 1.14. The second-order valence-electron chi connectivity index (χ2n) is 4.78. The van der Waals surface area contributed by atoms with E-state index in [-0.39, 0.29) is 5.75 Å². The van der Waals surface area contributed by atoms with Crippen molar-refractivity contribution < 1.29 is 9.84 Å². The Morgan fingerprint density at radius 2 is 2.31 bits per heavy atom. The van der Waals surface area contributed by atoms with Crippen molar-refractivity contribution in [1.29, 1.82) is 0 Å². The minimum absolute atomic E-state index is 0.286. The van der Waals surface area contributed by atoms with Crippen LogP contribution in [0.2, 0.25) is 0 Å². The summed E-state index contributed by atoms with van der Waals surface area (Å²) in [5.41, 5.74) is 1.23. The Morgan fingerprint density at radius 3 is 3.06 bits per heavy atom. The van der Waals surface area contributed by atoms with Crippen LogP contribution >= 0.6 is 0 Å². The van der Waals surface area contributed by atoms with E-state index in [1.54, 1.807) is 12.1 Å². The van der Waals surface area contributed by atoms with E-state index in [9.17, 15) is 5.11 Å². The minimum atomic E-state index is 0.286. The number of ether oxygens (including phenoxy) is 1. The van der Waals surface area contributed by atoms with E-state index in [1.807, 2.05) is 6.07 Å². The SMILES string of the molecule is CC1CCCN1C1COc2cc(O)ccc21. The fraction of sp³-hybridized carbons (Fsp3) is 0.538. The number of hydrogen-bond acceptors (Lipinski definition) is 3. The Bertz CT molecular complexity index is 405. The van der Waals surface area contributed by atoms with Crippen LogP contribution in [0.5, 0.6) is 11.5 Å². The molecule has 2 heterocycles. The second-order valence-corrected chi connectivity index (χ2v) is 4.78. The molecule has 0 spiro atoms. The summed E-state index contributed by atoms with van der Waals surface area (Å²) < 4.78 is 5.65. The predicted molar refractivity (Wildman–Crippen MR) is 61.7 cm³/mol. The van der Waals surface area contributed by atoms with Gasteiger partial charge >= 0.3 is 0 Å². The Labute approximate surface area is 95.6 Å². The molecular formula is C13H17NO2. The molecule has 0 aromatic heterocycles. The van der Waals surface area contributed by atoms with Gasteiger partial charge in [0.2, 0.25) is 0 Å². The Balaban J connectivity index is 1.91. The number of hydrogen-bond donors (Lipinski definition) is 1. The predicted octanol–water partition coefficient (Wildman–Crippen LogP) is 2.31. The third kappa shape index (κ3) is 1.47. The maximum absolute atomic E-state index is 9.41. The van der Waals surface area contributed by atoms with E-state index < -0.39 is 0 Å². The molecule has 1 N–H and O–H groups in total. The average molecular weight is 219 g/mol. The van der Waals surface area contributed by atoms with Crippen molar-refractivity contribution in [2.24, 2.45) is 0 Å². The number of phenolic OH excluding ortho intramolecular Hbond substituents is 1. The molecule has 0 bridgehead atoms. The molecule has 2 unspecified atom stereocenters. The van der Waals surface area contributed by atoms with E-state index in [2.05, 4.69) is 11.8 Å². The second kappa shape index (κ2) is 3.67. The van der Waals surface area contributed by atoms with Crippen LogP contribution in [-0.2, 0) is 0 Å². The molecule has 0 saturated carbocycles. The first-order valence-electron chi connectivity index (χ1n) is 5.97. The van der Waals surface area contributed by atoms with Crippen LogP contribution in [0.1, 0.15) is 31.4 Å². The number of nitrogens with zero attached hydrogens (tertiary/aromatic N) is 1. The van der Waals surface area contributed by atoms with Crippen molar-refractivity contribution in [2.45, 2.75) is 31.8 Å². The van der Waals surface area contributed by atoms with Crippen LogP contribution < -0.4 is 4.74 Å². The van der Waals surface area contributed by atoms with Gasteiger partial charge in [0.25, 0.3) is 0 Å². The maximum atomic E-state index is 9.41. The summed E-state index contributed by atoms with van der Waals surface area (Å²) in [7, 11) is 0. The van der Waals surface area contributed by atoms with E-state index in [0.717, 1.165) is 18.9 Å². The number of phenols is 1. The first-order valence-corrected chi connectivity index (χ1v) is 5.97. The molecule has 1 saturated heterocycles. The Morgan fingerprint density at radius 1 is 1.44 bits per heavy atom.